The quantitative estimate of drug-likeness (QED) is 0.778. The Balaban J connectivity index is 3.11. The van der Waals surface area contributed by atoms with Gasteiger partial charge in [0.15, 0.2) is 0 Å². The van der Waals surface area contributed by atoms with E-state index in [1.54, 1.807) is 6.92 Å². The number of hydrogen-bond donors (Lipinski definition) is 1. The van der Waals surface area contributed by atoms with Crippen molar-refractivity contribution in [2.24, 2.45) is 5.73 Å². The number of halogens is 3. The summed E-state index contributed by atoms with van der Waals surface area (Å²) in [5.74, 6) is -1.18. The molecule has 0 aromatic heterocycles. The number of hydrogen-bond acceptors (Lipinski definition) is 1. The first-order valence-electron chi connectivity index (χ1n) is 4.41. The standard InChI is InChI=1S/C10H12ClF2N/c1-6-5-8(11)10(13)7(9(6)12)3-2-4-14/h5H,2-4,14H2,1H3. The van der Waals surface area contributed by atoms with Crippen LogP contribution in [0.25, 0.3) is 0 Å². The molecule has 1 rings (SSSR count). The van der Waals surface area contributed by atoms with E-state index in [0.29, 0.717) is 18.5 Å². The van der Waals surface area contributed by atoms with Crippen LogP contribution in [0.5, 0.6) is 0 Å². The monoisotopic (exact) mass is 219 g/mol. The Morgan fingerprint density at radius 1 is 1.36 bits per heavy atom. The van der Waals surface area contributed by atoms with Crippen molar-refractivity contribution in [1.82, 2.24) is 0 Å². The number of nitrogens with two attached hydrogens (primary N) is 1. The maximum Gasteiger partial charge on any atom is 0.147 e. The molecule has 0 atom stereocenters. The van der Waals surface area contributed by atoms with Gasteiger partial charge >= 0.3 is 0 Å². The van der Waals surface area contributed by atoms with Gasteiger partial charge in [0, 0.05) is 5.56 Å². The highest BCUT2D eigenvalue weighted by molar-refractivity contribution is 6.30. The van der Waals surface area contributed by atoms with Gasteiger partial charge in [0.25, 0.3) is 0 Å². The van der Waals surface area contributed by atoms with E-state index >= 15 is 0 Å². The van der Waals surface area contributed by atoms with Gasteiger partial charge in [-0.3, -0.25) is 0 Å². The van der Waals surface area contributed by atoms with E-state index in [2.05, 4.69) is 0 Å². The molecule has 0 aliphatic carbocycles. The summed E-state index contributed by atoms with van der Waals surface area (Å²) in [4.78, 5) is 0. The molecular weight excluding hydrogens is 208 g/mol. The van der Waals surface area contributed by atoms with Crippen LogP contribution in [0.15, 0.2) is 6.07 Å². The van der Waals surface area contributed by atoms with E-state index in [1.807, 2.05) is 0 Å². The van der Waals surface area contributed by atoms with Gasteiger partial charge in [0.2, 0.25) is 0 Å². The fraction of sp³-hybridized carbons (Fsp3) is 0.400. The zero-order chi connectivity index (χ0) is 10.7. The van der Waals surface area contributed by atoms with Crippen LogP contribution in [0.2, 0.25) is 5.02 Å². The smallest absolute Gasteiger partial charge is 0.147 e. The molecule has 0 aliphatic rings. The van der Waals surface area contributed by atoms with Crippen LogP contribution >= 0.6 is 11.6 Å². The molecular formula is C10H12ClF2N. The van der Waals surface area contributed by atoms with Gasteiger partial charge in [-0.25, -0.2) is 8.78 Å². The Morgan fingerprint density at radius 2 is 2.00 bits per heavy atom. The van der Waals surface area contributed by atoms with Gasteiger partial charge in [-0.2, -0.15) is 0 Å². The van der Waals surface area contributed by atoms with E-state index < -0.39 is 11.6 Å². The third-order valence-electron chi connectivity index (χ3n) is 2.06. The number of rotatable bonds is 3. The van der Waals surface area contributed by atoms with Gasteiger partial charge in [-0.1, -0.05) is 11.6 Å². The molecule has 0 bridgehead atoms. The van der Waals surface area contributed by atoms with E-state index in [9.17, 15) is 8.78 Å². The SMILES string of the molecule is Cc1cc(Cl)c(F)c(CCCN)c1F. The lowest BCUT2D eigenvalue weighted by Crippen LogP contribution is -2.05. The predicted molar refractivity (Wildman–Crippen MR) is 53.5 cm³/mol. The van der Waals surface area contributed by atoms with Crippen molar-refractivity contribution in [1.29, 1.82) is 0 Å². The summed E-state index contributed by atoms with van der Waals surface area (Å²) < 4.78 is 26.8. The molecule has 78 valence electrons. The van der Waals surface area contributed by atoms with Crippen molar-refractivity contribution in [2.75, 3.05) is 6.54 Å². The van der Waals surface area contributed by atoms with Crippen LogP contribution in [0.3, 0.4) is 0 Å². The lowest BCUT2D eigenvalue weighted by Gasteiger charge is -2.08. The summed E-state index contributed by atoms with van der Waals surface area (Å²) in [5, 5.41) is -0.0316. The first kappa shape index (κ1) is 11.4. The van der Waals surface area contributed by atoms with Crippen LogP contribution in [-0.4, -0.2) is 6.54 Å². The van der Waals surface area contributed by atoms with Crippen molar-refractivity contribution in [3.8, 4) is 0 Å². The maximum atomic E-state index is 13.4. The highest BCUT2D eigenvalue weighted by Gasteiger charge is 2.14. The molecule has 0 unspecified atom stereocenters. The normalized spacial score (nSPS) is 10.6. The molecule has 0 fully saturated rings. The van der Waals surface area contributed by atoms with Gasteiger partial charge in [0.05, 0.1) is 5.02 Å². The summed E-state index contributed by atoms with van der Waals surface area (Å²) in [5.41, 5.74) is 5.68. The van der Waals surface area contributed by atoms with E-state index in [-0.39, 0.29) is 17.0 Å². The topological polar surface area (TPSA) is 26.0 Å². The third-order valence-corrected chi connectivity index (χ3v) is 2.33. The van der Waals surface area contributed by atoms with Crippen LogP contribution < -0.4 is 5.73 Å². The molecule has 0 heterocycles. The molecule has 4 heteroatoms. The van der Waals surface area contributed by atoms with E-state index in [4.69, 9.17) is 17.3 Å². The summed E-state index contributed by atoms with van der Waals surface area (Å²) >= 11 is 5.60. The second-order valence-corrected chi connectivity index (χ2v) is 3.58. The lowest BCUT2D eigenvalue weighted by atomic mass is 10.1. The summed E-state index contributed by atoms with van der Waals surface area (Å²) in [7, 11) is 0. The van der Waals surface area contributed by atoms with Gasteiger partial charge in [-0.15, -0.1) is 0 Å². The Morgan fingerprint density at radius 3 is 2.57 bits per heavy atom. The Bertz CT molecular complexity index is 313. The van der Waals surface area contributed by atoms with Crippen molar-refractivity contribution in [2.45, 2.75) is 19.8 Å². The molecule has 1 nitrogen and oxygen atoms in total. The highest BCUT2D eigenvalue weighted by Crippen LogP contribution is 2.25. The van der Waals surface area contributed by atoms with Gasteiger partial charge < -0.3 is 5.73 Å². The minimum Gasteiger partial charge on any atom is -0.330 e. The molecule has 0 aliphatic heterocycles. The maximum absolute atomic E-state index is 13.4. The average Bonchev–Trinajstić information content (AvgIpc) is 2.15. The van der Waals surface area contributed by atoms with Crippen molar-refractivity contribution >= 4 is 11.6 Å². The molecule has 1 aromatic rings. The third kappa shape index (κ3) is 2.22. The van der Waals surface area contributed by atoms with Crippen LogP contribution in [0.4, 0.5) is 8.78 Å². The van der Waals surface area contributed by atoms with Gasteiger partial charge in [-0.05, 0) is 37.9 Å². The molecule has 0 amide bonds. The summed E-state index contributed by atoms with van der Waals surface area (Å²) in [6.07, 6.45) is 0.836. The number of benzene rings is 1. The van der Waals surface area contributed by atoms with E-state index in [1.165, 1.54) is 6.07 Å². The molecule has 0 saturated carbocycles. The summed E-state index contributed by atoms with van der Waals surface area (Å²) in [6.45, 7) is 1.97. The van der Waals surface area contributed by atoms with Crippen molar-refractivity contribution < 1.29 is 8.78 Å². The largest absolute Gasteiger partial charge is 0.330 e. The first-order valence-corrected chi connectivity index (χ1v) is 4.78. The zero-order valence-electron chi connectivity index (χ0n) is 7.91. The Labute approximate surface area is 86.9 Å². The van der Waals surface area contributed by atoms with E-state index in [0.717, 1.165) is 0 Å². The van der Waals surface area contributed by atoms with Crippen molar-refractivity contribution in [3.05, 3.63) is 33.9 Å². The number of aryl methyl sites for hydroxylation is 1. The molecule has 14 heavy (non-hydrogen) atoms. The predicted octanol–water partition coefficient (Wildman–Crippen LogP) is 2.82. The molecule has 0 radical (unpaired) electrons. The minimum absolute atomic E-state index is 0.0316. The minimum atomic E-state index is -0.664. The fourth-order valence-electron chi connectivity index (χ4n) is 1.29. The molecule has 0 saturated heterocycles. The Kier molecular flexibility index (Phi) is 3.84. The average molecular weight is 220 g/mol. The zero-order valence-corrected chi connectivity index (χ0v) is 8.67. The second kappa shape index (κ2) is 4.71. The second-order valence-electron chi connectivity index (χ2n) is 3.17. The van der Waals surface area contributed by atoms with Crippen LogP contribution in [0, 0.1) is 18.6 Å². The molecule has 2 N–H and O–H groups in total. The summed E-state index contributed by atoms with van der Waals surface area (Å²) in [6, 6.07) is 1.29. The van der Waals surface area contributed by atoms with Gasteiger partial charge in [0.1, 0.15) is 11.6 Å². The van der Waals surface area contributed by atoms with Crippen LogP contribution in [-0.2, 0) is 6.42 Å². The Hall–Kier alpha value is -0.670. The van der Waals surface area contributed by atoms with Crippen LogP contribution in [0.1, 0.15) is 17.5 Å². The molecule has 0 spiro atoms. The molecule has 1 aromatic carbocycles. The highest BCUT2D eigenvalue weighted by atomic mass is 35.5. The first-order chi connectivity index (χ1) is 6.57. The lowest BCUT2D eigenvalue weighted by molar-refractivity contribution is 0.546. The fourth-order valence-corrected chi connectivity index (χ4v) is 1.57. The van der Waals surface area contributed by atoms with Crippen molar-refractivity contribution in [3.63, 3.8) is 0 Å².